The van der Waals surface area contributed by atoms with Crippen molar-refractivity contribution in [2.45, 2.75) is 31.8 Å². The number of carboxylic acids is 1. The molecule has 3 aliphatic heterocycles. The van der Waals surface area contributed by atoms with Gasteiger partial charge < -0.3 is 14.7 Å². The van der Waals surface area contributed by atoms with E-state index in [0.29, 0.717) is 37.6 Å². The number of ether oxygens (including phenoxy) is 1. The molecule has 1 N–H and O–H groups in total. The third-order valence-corrected chi connectivity index (χ3v) is 7.12. The number of carboxylic acid groups (broad SMARTS) is 1. The van der Waals surface area contributed by atoms with E-state index in [1.807, 2.05) is 59.5 Å². The third kappa shape index (κ3) is 4.58. The molecular formula is C29H26N4O4. The first kappa shape index (κ1) is 23.0. The molecule has 9 bridgehead atoms. The van der Waals surface area contributed by atoms with Crippen LogP contribution in [0.25, 0.3) is 11.0 Å². The maximum atomic E-state index is 13.4. The molecule has 186 valence electrons. The Morgan fingerprint density at radius 2 is 1.89 bits per heavy atom. The molecule has 3 aromatic carbocycles. The van der Waals surface area contributed by atoms with Crippen LogP contribution >= 0.6 is 0 Å². The molecule has 0 radical (unpaired) electrons. The number of amides is 1. The molecule has 1 aromatic heterocycles. The number of aromatic nitrogens is 3. The van der Waals surface area contributed by atoms with Gasteiger partial charge in [0.05, 0.1) is 18.5 Å². The Labute approximate surface area is 213 Å². The fourth-order valence-electron chi connectivity index (χ4n) is 5.20. The molecule has 1 atom stereocenters. The summed E-state index contributed by atoms with van der Waals surface area (Å²) in [4.78, 5) is 27.1. The second-order valence-electron chi connectivity index (χ2n) is 9.49. The fourth-order valence-corrected chi connectivity index (χ4v) is 5.20. The average Bonchev–Trinajstić information content (AvgIpc) is 3.32. The number of rotatable bonds is 2. The van der Waals surface area contributed by atoms with Crippen LogP contribution in [0.1, 0.15) is 45.0 Å². The highest BCUT2D eigenvalue weighted by atomic mass is 16.5. The SMILES string of the molecule is O=C(O)CC1c2ccc3c(c2)CN(CC3)C(=O)c2cccc(c2)OC/C=C/Cn2nnc3cc1ccc32. The Morgan fingerprint density at radius 1 is 1.03 bits per heavy atom. The second kappa shape index (κ2) is 9.54. The number of hydrogen-bond acceptors (Lipinski definition) is 5. The van der Waals surface area contributed by atoms with Gasteiger partial charge in [0.1, 0.15) is 17.9 Å². The number of carbonyl (C=O) groups excluding carboxylic acids is 1. The molecule has 4 aromatic rings. The summed E-state index contributed by atoms with van der Waals surface area (Å²) in [5.41, 5.74) is 6.21. The van der Waals surface area contributed by atoms with E-state index < -0.39 is 5.97 Å². The molecule has 8 heteroatoms. The first-order valence-corrected chi connectivity index (χ1v) is 12.4. The van der Waals surface area contributed by atoms with Crippen molar-refractivity contribution in [2.75, 3.05) is 13.2 Å². The van der Waals surface area contributed by atoms with Crippen molar-refractivity contribution in [1.29, 1.82) is 0 Å². The van der Waals surface area contributed by atoms with Gasteiger partial charge in [-0.15, -0.1) is 5.10 Å². The van der Waals surface area contributed by atoms with Gasteiger partial charge in [-0.1, -0.05) is 41.6 Å². The van der Waals surface area contributed by atoms with Gasteiger partial charge in [-0.2, -0.15) is 0 Å². The van der Waals surface area contributed by atoms with Crippen molar-refractivity contribution in [2.24, 2.45) is 0 Å². The Hall–Kier alpha value is -4.46. The summed E-state index contributed by atoms with van der Waals surface area (Å²) in [5, 5.41) is 18.3. The molecule has 1 amide bonds. The molecule has 0 aliphatic carbocycles. The minimum Gasteiger partial charge on any atom is -0.490 e. The minimum atomic E-state index is -0.870. The van der Waals surface area contributed by atoms with Crippen molar-refractivity contribution < 1.29 is 19.4 Å². The lowest BCUT2D eigenvalue weighted by atomic mass is 9.85. The van der Waals surface area contributed by atoms with Crippen molar-refractivity contribution >= 4 is 22.9 Å². The summed E-state index contributed by atoms with van der Waals surface area (Å²) in [6.45, 7) is 1.99. The Balaban J connectivity index is 1.45. The quantitative estimate of drug-likeness (QED) is 0.420. The second-order valence-corrected chi connectivity index (χ2v) is 9.49. The standard InChI is InChI=1S/C29H26N4O4/c34-28(35)17-25-20-7-6-19-10-12-32(18-23(19)14-20)29(36)22-4-3-5-24(15-22)37-13-2-1-11-33-27-9-8-21(25)16-26(27)30-31-33/h1-9,14-16,25H,10-13,17-18H2,(H,34,35)/b2-1+. The predicted molar refractivity (Wildman–Crippen MR) is 138 cm³/mol. The zero-order chi connectivity index (χ0) is 25.4. The van der Waals surface area contributed by atoms with E-state index in [4.69, 9.17) is 4.74 Å². The lowest BCUT2D eigenvalue weighted by molar-refractivity contribution is -0.137. The number of nitrogens with zero attached hydrogens (tertiary/aromatic N) is 4. The van der Waals surface area contributed by atoms with E-state index >= 15 is 0 Å². The van der Waals surface area contributed by atoms with Crippen LogP contribution < -0.4 is 4.74 Å². The maximum absolute atomic E-state index is 13.4. The molecule has 37 heavy (non-hydrogen) atoms. The topological polar surface area (TPSA) is 97.6 Å². The van der Waals surface area contributed by atoms with Gasteiger partial charge >= 0.3 is 5.97 Å². The van der Waals surface area contributed by atoms with Gasteiger partial charge in [0.15, 0.2) is 0 Å². The van der Waals surface area contributed by atoms with E-state index in [1.165, 1.54) is 5.56 Å². The summed E-state index contributed by atoms with van der Waals surface area (Å²) >= 11 is 0. The third-order valence-electron chi connectivity index (χ3n) is 7.12. The Kier molecular flexibility index (Phi) is 5.92. The number of carbonyl (C=O) groups is 2. The van der Waals surface area contributed by atoms with Crippen LogP contribution in [-0.2, 0) is 24.3 Å². The molecule has 0 saturated heterocycles. The van der Waals surface area contributed by atoms with Crippen molar-refractivity contribution in [3.05, 3.63) is 101 Å². The van der Waals surface area contributed by atoms with Gasteiger partial charge in [0.2, 0.25) is 0 Å². The fraction of sp³-hybridized carbons (Fsp3) is 0.241. The van der Waals surface area contributed by atoms with Gasteiger partial charge in [-0.05, 0) is 65.1 Å². The van der Waals surface area contributed by atoms with Gasteiger partial charge in [-0.3, -0.25) is 9.59 Å². The number of allylic oxidation sites excluding steroid dienone is 1. The molecule has 0 saturated carbocycles. The van der Waals surface area contributed by atoms with Crippen LogP contribution in [0.3, 0.4) is 0 Å². The molecule has 1 unspecified atom stereocenters. The summed E-state index contributed by atoms with van der Waals surface area (Å²) in [7, 11) is 0. The van der Waals surface area contributed by atoms with Crippen LogP contribution in [0.4, 0.5) is 0 Å². The molecule has 8 nitrogen and oxygen atoms in total. The van der Waals surface area contributed by atoms with Gasteiger partial charge in [-0.25, -0.2) is 4.68 Å². The number of fused-ring (bicyclic) bond motifs is 4. The van der Waals surface area contributed by atoms with E-state index in [2.05, 4.69) is 22.4 Å². The summed E-state index contributed by atoms with van der Waals surface area (Å²) < 4.78 is 7.66. The average molecular weight is 495 g/mol. The van der Waals surface area contributed by atoms with Crippen LogP contribution in [0.5, 0.6) is 5.75 Å². The van der Waals surface area contributed by atoms with Crippen molar-refractivity contribution in [3.8, 4) is 5.75 Å². The number of hydrogen-bond donors (Lipinski definition) is 1. The largest absolute Gasteiger partial charge is 0.490 e. The zero-order valence-corrected chi connectivity index (χ0v) is 20.2. The maximum Gasteiger partial charge on any atom is 0.304 e. The highest BCUT2D eigenvalue weighted by molar-refractivity contribution is 5.94. The predicted octanol–water partition coefficient (Wildman–Crippen LogP) is 4.19. The van der Waals surface area contributed by atoms with Gasteiger partial charge in [0.25, 0.3) is 5.91 Å². The smallest absolute Gasteiger partial charge is 0.304 e. The zero-order valence-electron chi connectivity index (χ0n) is 20.2. The van der Waals surface area contributed by atoms with Gasteiger partial charge in [0, 0.05) is 24.6 Å². The van der Waals surface area contributed by atoms with Crippen LogP contribution in [0.15, 0.2) is 72.8 Å². The highest BCUT2D eigenvalue weighted by Gasteiger charge is 2.25. The molecule has 0 spiro atoms. The van der Waals surface area contributed by atoms with E-state index in [-0.39, 0.29) is 18.2 Å². The minimum absolute atomic E-state index is 0.0430. The first-order chi connectivity index (χ1) is 18.0. The molecule has 4 heterocycles. The number of aliphatic carboxylic acids is 1. The first-order valence-electron chi connectivity index (χ1n) is 12.4. The molecular weight excluding hydrogens is 468 g/mol. The van der Waals surface area contributed by atoms with E-state index in [0.717, 1.165) is 34.1 Å². The van der Waals surface area contributed by atoms with Crippen molar-refractivity contribution in [1.82, 2.24) is 19.9 Å². The molecule has 0 fully saturated rings. The van der Waals surface area contributed by atoms with Crippen molar-refractivity contribution in [3.63, 3.8) is 0 Å². The number of benzene rings is 3. The monoisotopic (exact) mass is 494 g/mol. The summed E-state index contributed by atoms with van der Waals surface area (Å²) in [6.07, 6.45) is 4.58. The normalized spacial score (nSPS) is 18.2. The highest BCUT2D eigenvalue weighted by Crippen LogP contribution is 2.33. The van der Waals surface area contributed by atoms with Crippen LogP contribution in [0, 0.1) is 0 Å². The summed E-state index contributed by atoms with van der Waals surface area (Å²) in [5.74, 6) is -0.619. The van der Waals surface area contributed by atoms with Crippen LogP contribution in [-0.4, -0.2) is 50.0 Å². The Morgan fingerprint density at radius 3 is 2.78 bits per heavy atom. The molecule has 7 rings (SSSR count). The summed E-state index contributed by atoms with van der Waals surface area (Å²) in [6, 6.07) is 19.3. The van der Waals surface area contributed by atoms with E-state index in [1.54, 1.807) is 10.7 Å². The van der Waals surface area contributed by atoms with E-state index in [9.17, 15) is 14.7 Å². The lowest BCUT2D eigenvalue weighted by Crippen LogP contribution is -2.36. The lowest BCUT2D eigenvalue weighted by Gasteiger charge is -2.30. The Bertz CT molecular complexity index is 1540. The van der Waals surface area contributed by atoms with Crippen LogP contribution in [0.2, 0.25) is 0 Å². The molecule has 3 aliphatic rings.